The third-order valence-electron chi connectivity index (χ3n) is 5.36. The lowest BCUT2D eigenvalue weighted by Gasteiger charge is -2.09. The number of aromatic nitrogens is 3. The van der Waals surface area contributed by atoms with Gasteiger partial charge in [0.05, 0.1) is 11.9 Å². The van der Waals surface area contributed by atoms with E-state index < -0.39 is 23.8 Å². The summed E-state index contributed by atoms with van der Waals surface area (Å²) in [5.41, 5.74) is 2.79. The predicted octanol–water partition coefficient (Wildman–Crippen LogP) is 6.39. The Morgan fingerprint density at radius 1 is 0.853 bits per heavy atom. The van der Waals surface area contributed by atoms with Gasteiger partial charge in [0.1, 0.15) is 17.1 Å². The van der Waals surface area contributed by atoms with E-state index in [-0.39, 0.29) is 16.9 Å². The Bertz CT molecular complexity index is 1460. The standard InChI is InChI=1S/C26H17F3N4O/c27-19-10-6-18(7-11-19)22-14-23(24(28)29)33-25(32-22)21(15-30-33)26(34)31-20-12-8-17(9-13-20)16-4-2-1-3-5-16/h1-15,24H,(H,31,34). The SMILES string of the molecule is O=C(Nc1ccc(-c2ccccc2)cc1)c1cnn2c(C(F)F)cc(-c3ccc(F)cc3)nc12. The molecule has 2 heterocycles. The van der Waals surface area contributed by atoms with Crippen LogP contribution < -0.4 is 5.32 Å². The molecular formula is C26H17F3N4O. The summed E-state index contributed by atoms with van der Waals surface area (Å²) in [7, 11) is 0. The molecule has 0 aliphatic heterocycles. The fraction of sp³-hybridized carbons (Fsp3) is 0.0385. The number of benzene rings is 3. The van der Waals surface area contributed by atoms with Gasteiger partial charge >= 0.3 is 0 Å². The molecule has 0 fully saturated rings. The molecule has 0 atom stereocenters. The van der Waals surface area contributed by atoms with Crippen LogP contribution in [0.15, 0.2) is 91.1 Å². The molecule has 3 aromatic carbocycles. The monoisotopic (exact) mass is 458 g/mol. The molecule has 1 N–H and O–H groups in total. The van der Waals surface area contributed by atoms with E-state index in [4.69, 9.17) is 0 Å². The van der Waals surface area contributed by atoms with Crippen LogP contribution in [0.5, 0.6) is 0 Å². The zero-order chi connectivity index (χ0) is 23.7. The smallest absolute Gasteiger partial charge is 0.280 e. The number of hydrogen-bond acceptors (Lipinski definition) is 3. The number of carbonyl (C=O) groups is 1. The van der Waals surface area contributed by atoms with Crippen LogP contribution >= 0.6 is 0 Å². The summed E-state index contributed by atoms with van der Waals surface area (Å²) in [6.07, 6.45) is -1.65. The Hall–Kier alpha value is -4.46. The van der Waals surface area contributed by atoms with Crippen molar-refractivity contribution < 1.29 is 18.0 Å². The van der Waals surface area contributed by atoms with Crippen molar-refractivity contribution in [2.24, 2.45) is 0 Å². The van der Waals surface area contributed by atoms with E-state index in [9.17, 15) is 18.0 Å². The molecule has 0 unspecified atom stereocenters. The number of hydrogen-bond donors (Lipinski definition) is 1. The minimum Gasteiger partial charge on any atom is -0.322 e. The number of halogens is 3. The highest BCUT2D eigenvalue weighted by Gasteiger charge is 2.21. The fourth-order valence-electron chi connectivity index (χ4n) is 3.65. The molecule has 5 aromatic rings. The minimum atomic E-state index is -2.86. The van der Waals surface area contributed by atoms with Crippen molar-refractivity contribution in [3.8, 4) is 22.4 Å². The first-order valence-corrected chi connectivity index (χ1v) is 10.4. The number of alkyl halides is 2. The van der Waals surface area contributed by atoms with Gasteiger partial charge in [-0.25, -0.2) is 22.7 Å². The molecule has 168 valence electrons. The van der Waals surface area contributed by atoms with Crippen LogP contribution in [0.4, 0.5) is 18.9 Å². The van der Waals surface area contributed by atoms with E-state index in [1.165, 1.54) is 36.5 Å². The second-order valence-electron chi connectivity index (χ2n) is 7.56. The number of nitrogens with one attached hydrogen (secondary N) is 1. The van der Waals surface area contributed by atoms with Crippen LogP contribution in [-0.2, 0) is 0 Å². The van der Waals surface area contributed by atoms with E-state index in [1.54, 1.807) is 12.1 Å². The average molecular weight is 458 g/mol. The molecule has 0 radical (unpaired) electrons. The summed E-state index contributed by atoms with van der Waals surface area (Å²) >= 11 is 0. The van der Waals surface area contributed by atoms with Gasteiger partial charge < -0.3 is 5.32 Å². The Kier molecular flexibility index (Phi) is 5.55. The lowest BCUT2D eigenvalue weighted by Crippen LogP contribution is -2.12. The lowest BCUT2D eigenvalue weighted by molar-refractivity contribution is 0.102. The van der Waals surface area contributed by atoms with Crippen LogP contribution in [0.2, 0.25) is 0 Å². The van der Waals surface area contributed by atoms with E-state index in [1.807, 2.05) is 42.5 Å². The van der Waals surface area contributed by atoms with Gasteiger partial charge in [0.25, 0.3) is 12.3 Å². The number of anilines is 1. The summed E-state index contributed by atoms with van der Waals surface area (Å²) < 4.78 is 41.7. The average Bonchev–Trinajstić information content (AvgIpc) is 3.29. The normalized spacial score (nSPS) is 11.2. The van der Waals surface area contributed by atoms with Crippen molar-refractivity contribution in [2.45, 2.75) is 6.43 Å². The molecule has 0 aliphatic rings. The lowest BCUT2D eigenvalue weighted by atomic mass is 10.1. The zero-order valence-electron chi connectivity index (χ0n) is 17.6. The summed E-state index contributed by atoms with van der Waals surface area (Å²) in [5.74, 6) is -0.993. The van der Waals surface area contributed by atoms with Crippen LogP contribution in [0.25, 0.3) is 28.0 Å². The molecule has 0 spiro atoms. The Morgan fingerprint density at radius 3 is 2.18 bits per heavy atom. The first-order chi connectivity index (χ1) is 16.5. The van der Waals surface area contributed by atoms with Crippen LogP contribution in [0.1, 0.15) is 22.5 Å². The number of amides is 1. The molecular weight excluding hydrogens is 441 g/mol. The first-order valence-electron chi connectivity index (χ1n) is 10.4. The third-order valence-corrected chi connectivity index (χ3v) is 5.36. The van der Waals surface area contributed by atoms with E-state index >= 15 is 0 Å². The molecule has 0 bridgehead atoms. The molecule has 0 saturated carbocycles. The van der Waals surface area contributed by atoms with Crippen LogP contribution in [0, 0.1) is 5.82 Å². The first kappa shape index (κ1) is 21.4. The maximum atomic E-state index is 13.7. The minimum absolute atomic E-state index is 0.0180. The van der Waals surface area contributed by atoms with Gasteiger partial charge in [0.15, 0.2) is 5.65 Å². The molecule has 0 aliphatic carbocycles. The van der Waals surface area contributed by atoms with Crippen molar-refractivity contribution in [2.75, 3.05) is 5.32 Å². The highest BCUT2D eigenvalue weighted by Crippen LogP contribution is 2.27. The highest BCUT2D eigenvalue weighted by molar-refractivity contribution is 6.08. The van der Waals surface area contributed by atoms with Gasteiger partial charge in [-0.15, -0.1) is 0 Å². The Morgan fingerprint density at radius 2 is 1.50 bits per heavy atom. The third kappa shape index (κ3) is 4.13. The van der Waals surface area contributed by atoms with Gasteiger partial charge in [0.2, 0.25) is 0 Å². The van der Waals surface area contributed by atoms with E-state index in [0.717, 1.165) is 15.6 Å². The van der Waals surface area contributed by atoms with Crippen molar-refractivity contribution in [1.82, 2.24) is 14.6 Å². The molecule has 1 amide bonds. The molecule has 5 nitrogen and oxygen atoms in total. The quantitative estimate of drug-likeness (QED) is 0.332. The predicted molar refractivity (Wildman–Crippen MR) is 123 cm³/mol. The molecule has 8 heteroatoms. The second kappa shape index (κ2) is 8.82. The van der Waals surface area contributed by atoms with E-state index in [0.29, 0.717) is 11.3 Å². The largest absolute Gasteiger partial charge is 0.322 e. The Balaban J connectivity index is 1.48. The van der Waals surface area contributed by atoms with E-state index in [2.05, 4.69) is 15.4 Å². The van der Waals surface area contributed by atoms with Crippen molar-refractivity contribution in [3.05, 3.63) is 108 Å². The second-order valence-corrected chi connectivity index (χ2v) is 7.56. The van der Waals surface area contributed by atoms with Crippen LogP contribution in [-0.4, -0.2) is 20.5 Å². The van der Waals surface area contributed by atoms with Gasteiger partial charge in [-0.05, 0) is 53.6 Å². The van der Waals surface area contributed by atoms with Crippen molar-refractivity contribution >= 4 is 17.2 Å². The number of rotatable bonds is 5. The topological polar surface area (TPSA) is 59.3 Å². The van der Waals surface area contributed by atoms with Gasteiger partial charge in [-0.1, -0.05) is 42.5 Å². The molecule has 0 saturated heterocycles. The fourth-order valence-corrected chi connectivity index (χ4v) is 3.65. The zero-order valence-corrected chi connectivity index (χ0v) is 17.6. The highest BCUT2D eigenvalue weighted by atomic mass is 19.3. The van der Waals surface area contributed by atoms with Crippen molar-refractivity contribution in [3.63, 3.8) is 0 Å². The van der Waals surface area contributed by atoms with Crippen molar-refractivity contribution in [1.29, 1.82) is 0 Å². The summed E-state index contributed by atoms with van der Waals surface area (Å²) in [6.45, 7) is 0. The van der Waals surface area contributed by atoms with Crippen LogP contribution in [0.3, 0.4) is 0 Å². The van der Waals surface area contributed by atoms with Gasteiger partial charge in [0, 0.05) is 11.3 Å². The maximum Gasteiger partial charge on any atom is 0.280 e. The molecule has 34 heavy (non-hydrogen) atoms. The number of nitrogens with zero attached hydrogens (tertiary/aromatic N) is 3. The van der Waals surface area contributed by atoms with Gasteiger partial charge in [-0.2, -0.15) is 5.10 Å². The summed E-state index contributed by atoms with van der Waals surface area (Å²) in [5, 5.41) is 6.72. The molecule has 2 aromatic heterocycles. The maximum absolute atomic E-state index is 13.7. The summed E-state index contributed by atoms with van der Waals surface area (Å²) in [4.78, 5) is 17.4. The van der Waals surface area contributed by atoms with Gasteiger partial charge in [-0.3, -0.25) is 4.79 Å². The number of fused-ring (bicyclic) bond motifs is 1. The number of carbonyl (C=O) groups excluding carboxylic acids is 1. The Labute approximate surface area is 192 Å². The summed E-state index contributed by atoms with van der Waals surface area (Å²) in [6, 6.07) is 23.5. The molecule has 5 rings (SSSR count).